The molecule has 2 aliphatic rings. The van der Waals surface area contributed by atoms with Gasteiger partial charge < -0.3 is 19.1 Å². The molecule has 2 fully saturated rings. The number of hydrogen-bond donors (Lipinski definition) is 0. The Kier molecular flexibility index (Phi) is 5.47. The Balaban J connectivity index is 1.73. The summed E-state index contributed by atoms with van der Waals surface area (Å²) in [6.45, 7) is 10.8. The number of piperazine rings is 1. The van der Waals surface area contributed by atoms with Crippen molar-refractivity contribution >= 4 is 11.8 Å². The Morgan fingerprint density at radius 2 is 1.84 bits per heavy atom. The molecule has 2 amide bonds. The summed E-state index contributed by atoms with van der Waals surface area (Å²) in [5.74, 6) is 1.41. The molecule has 0 radical (unpaired) electrons. The van der Waals surface area contributed by atoms with Crippen LogP contribution in [0, 0.1) is 13.8 Å². The van der Waals surface area contributed by atoms with Crippen LogP contribution in [0.5, 0.6) is 0 Å². The van der Waals surface area contributed by atoms with Gasteiger partial charge in [0.1, 0.15) is 17.6 Å². The summed E-state index contributed by atoms with van der Waals surface area (Å²) in [6.07, 6.45) is 2.71. The van der Waals surface area contributed by atoms with Gasteiger partial charge in [0.25, 0.3) is 5.91 Å². The number of piperidine rings is 1. The van der Waals surface area contributed by atoms with E-state index in [9.17, 15) is 9.59 Å². The first-order valence-electron chi connectivity index (χ1n) is 9.40. The highest BCUT2D eigenvalue weighted by atomic mass is 16.3. The Morgan fingerprint density at radius 3 is 2.44 bits per heavy atom. The lowest BCUT2D eigenvalue weighted by Gasteiger charge is -2.40. The van der Waals surface area contributed by atoms with Gasteiger partial charge in [-0.2, -0.15) is 0 Å². The van der Waals surface area contributed by atoms with Crippen LogP contribution in [0.2, 0.25) is 0 Å². The zero-order valence-electron chi connectivity index (χ0n) is 15.6. The normalized spacial score (nSPS) is 22.3. The number of amides is 2. The predicted octanol–water partition coefficient (Wildman–Crippen LogP) is 2.06. The van der Waals surface area contributed by atoms with Crippen LogP contribution < -0.4 is 0 Å². The molecular formula is C19H29N3O3. The SMILES string of the molecule is CCN1CCN(C(=O)[C@H]2CCCCN2C(=O)c2cc(C)oc2C)CC1. The van der Waals surface area contributed by atoms with Gasteiger partial charge in [0.15, 0.2) is 0 Å². The first kappa shape index (κ1) is 18.0. The number of carbonyl (C=O) groups is 2. The van der Waals surface area contributed by atoms with Gasteiger partial charge in [-0.25, -0.2) is 0 Å². The largest absolute Gasteiger partial charge is 0.466 e. The fourth-order valence-corrected chi connectivity index (χ4v) is 3.92. The number of likely N-dealkylation sites (N-methyl/N-ethyl adjacent to an activating group) is 1. The first-order chi connectivity index (χ1) is 12.0. The van der Waals surface area contributed by atoms with E-state index < -0.39 is 0 Å². The van der Waals surface area contributed by atoms with Crippen molar-refractivity contribution < 1.29 is 14.0 Å². The van der Waals surface area contributed by atoms with E-state index in [1.54, 1.807) is 11.0 Å². The van der Waals surface area contributed by atoms with Gasteiger partial charge in [-0.1, -0.05) is 6.92 Å². The van der Waals surface area contributed by atoms with E-state index in [-0.39, 0.29) is 17.9 Å². The molecular weight excluding hydrogens is 318 g/mol. The minimum atomic E-state index is -0.330. The van der Waals surface area contributed by atoms with Crippen molar-refractivity contribution in [2.45, 2.75) is 46.1 Å². The van der Waals surface area contributed by atoms with Crippen molar-refractivity contribution in [3.63, 3.8) is 0 Å². The highest BCUT2D eigenvalue weighted by Gasteiger charge is 2.36. The number of rotatable bonds is 3. The minimum Gasteiger partial charge on any atom is -0.466 e. The maximum atomic E-state index is 13.1. The fraction of sp³-hybridized carbons (Fsp3) is 0.684. The molecule has 0 aromatic carbocycles. The van der Waals surface area contributed by atoms with Gasteiger partial charge in [-0.15, -0.1) is 0 Å². The van der Waals surface area contributed by atoms with Gasteiger partial charge in [-0.05, 0) is 45.7 Å². The molecule has 6 heteroatoms. The Hall–Kier alpha value is -1.82. The number of aryl methyl sites for hydroxylation is 2. The van der Waals surface area contributed by atoms with Gasteiger partial charge in [0.05, 0.1) is 5.56 Å². The summed E-state index contributed by atoms with van der Waals surface area (Å²) < 4.78 is 5.51. The van der Waals surface area contributed by atoms with E-state index in [0.717, 1.165) is 57.7 Å². The van der Waals surface area contributed by atoms with Crippen molar-refractivity contribution in [1.29, 1.82) is 0 Å². The van der Waals surface area contributed by atoms with Crippen molar-refractivity contribution in [3.8, 4) is 0 Å². The number of likely N-dealkylation sites (tertiary alicyclic amines) is 1. The van der Waals surface area contributed by atoms with Crippen LogP contribution in [0.3, 0.4) is 0 Å². The zero-order chi connectivity index (χ0) is 18.0. The molecule has 2 saturated heterocycles. The molecule has 3 heterocycles. The molecule has 25 heavy (non-hydrogen) atoms. The molecule has 1 aromatic rings. The summed E-state index contributed by atoms with van der Waals surface area (Å²) in [6, 6.07) is 1.46. The van der Waals surface area contributed by atoms with Crippen LogP contribution in [0.1, 0.15) is 48.1 Å². The van der Waals surface area contributed by atoms with E-state index >= 15 is 0 Å². The van der Waals surface area contributed by atoms with Gasteiger partial charge in [-0.3, -0.25) is 9.59 Å². The second-order valence-electron chi connectivity index (χ2n) is 7.10. The third-order valence-corrected chi connectivity index (χ3v) is 5.45. The smallest absolute Gasteiger partial charge is 0.258 e. The first-order valence-corrected chi connectivity index (χ1v) is 9.40. The maximum absolute atomic E-state index is 13.1. The van der Waals surface area contributed by atoms with E-state index in [4.69, 9.17) is 4.42 Å². The molecule has 2 aliphatic heterocycles. The van der Waals surface area contributed by atoms with Crippen molar-refractivity contribution in [2.75, 3.05) is 39.3 Å². The zero-order valence-corrected chi connectivity index (χ0v) is 15.6. The average molecular weight is 347 g/mol. The fourth-order valence-electron chi connectivity index (χ4n) is 3.92. The van der Waals surface area contributed by atoms with E-state index in [1.807, 2.05) is 18.7 Å². The summed E-state index contributed by atoms with van der Waals surface area (Å²) in [5.41, 5.74) is 0.591. The standard InChI is InChI=1S/C19H29N3O3/c1-4-20-9-11-21(12-10-20)19(24)17-7-5-6-8-22(17)18(23)16-13-14(2)25-15(16)3/h13,17H,4-12H2,1-3H3/t17-/m1/s1. The topological polar surface area (TPSA) is 57.0 Å². The third-order valence-electron chi connectivity index (χ3n) is 5.45. The van der Waals surface area contributed by atoms with Gasteiger partial charge in [0.2, 0.25) is 5.91 Å². The number of nitrogens with zero attached hydrogens (tertiary/aromatic N) is 3. The molecule has 3 rings (SSSR count). The summed E-state index contributed by atoms with van der Waals surface area (Å²) in [4.78, 5) is 32.2. The molecule has 138 valence electrons. The molecule has 0 N–H and O–H groups in total. The lowest BCUT2D eigenvalue weighted by atomic mass is 9.99. The van der Waals surface area contributed by atoms with Crippen LogP contribution in [0.4, 0.5) is 0 Å². The van der Waals surface area contributed by atoms with Gasteiger partial charge >= 0.3 is 0 Å². The van der Waals surface area contributed by atoms with E-state index in [0.29, 0.717) is 17.9 Å². The van der Waals surface area contributed by atoms with Crippen LogP contribution in [-0.2, 0) is 4.79 Å². The number of hydrogen-bond acceptors (Lipinski definition) is 4. The minimum absolute atomic E-state index is 0.0698. The summed E-state index contributed by atoms with van der Waals surface area (Å²) >= 11 is 0. The quantitative estimate of drug-likeness (QED) is 0.840. The molecule has 0 saturated carbocycles. The molecule has 6 nitrogen and oxygen atoms in total. The second-order valence-corrected chi connectivity index (χ2v) is 7.10. The number of furan rings is 1. The second kappa shape index (κ2) is 7.60. The third kappa shape index (κ3) is 3.73. The molecule has 1 aromatic heterocycles. The molecule has 0 spiro atoms. The van der Waals surface area contributed by atoms with Crippen molar-refractivity contribution in [3.05, 3.63) is 23.2 Å². The predicted molar refractivity (Wildman–Crippen MR) is 95.6 cm³/mol. The van der Waals surface area contributed by atoms with Crippen LogP contribution in [0.15, 0.2) is 10.5 Å². The van der Waals surface area contributed by atoms with E-state index in [2.05, 4.69) is 11.8 Å². The highest BCUT2D eigenvalue weighted by Crippen LogP contribution is 2.24. The lowest BCUT2D eigenvalue weighted by Crippen LogP contribution is -2.57. The Morgan fingerprint density at radius 1 is 1.12 bits per heavy atom. The Bertz CT molecular complexity index is 632. The summed E-state index contributed by atoms with van der Waals surface area (Å²) in [7, 11) is 0. The molecule has 0 aliphatic carbocycles. The van der Waals surface area contributed by atoms with Crippen molar-refractivity contribution in [1.82, 2.24) is 14.7 Å². The average Bonchev–Trinajstić information content (AvgIpc) is 2.98. The number of carbonyl (C=O) groups excluding carboxylic acids is 2. The van der Waals surface area contributed by atoms with Crippen LogP contribution >= 0.6 is 0 Å². The van der Waals surface area contributed by atoms with Crippen LogP contribution in [-0.4, -0.2) is 71.8 Å². The van der Waals surface area contributed by atoms with Crippen molar-refractivity contribution in [2.24, 2.45) is 0 Å². The highest BCUT2D eigenvalue weighted by molar-refractivity contribution is 5.98. The van der Waals surface area contributed by atoms with E-state index in [1.165, 1.54) is 0 Å². The molecule has 1 atom stereocenters. The van der Waals surface area contributed by atoms with Gasteiger partial charge in [0, 0.05) is 32.7 Å². The van der Waals surface area contributed by atoms with Crippen LogP contribution in [0.25, 0.3) is 0 Å². The molecule has 0 bridgehead atoms. The summed E-state index contributed by atoms with van der Waals surface area (Å²) in [5, 5.41) is 0. The lowest BCUT2D eigenvalue weighted by molar-refractivity contribution is -0.139. The maximum Gasteiger partial charge on any atom is 0.258 e. The Labute approximate surface area is 149 Å². The monoisotopic (exact) mass is 347 g/mol. The molecule has 0 unspecified atom stereocenters.